The number of pyridine rings is 1. The summed E-state index contributed by atoms with van der Waals surface area (Å²) in [6, 6.07) is 4.66. The fourth-order valence-electron chi connectivity index (χ4n) is 3.80. The Morgan fingerprint density at radius 3 is 2.69 bits per heavy atom. The molecule has 0 atom stereocenters. The van der Waals surface area contributed by atoms with E-state index in [-0.39, 0.29) is 0 Å². The van der Waals surface area contributed by atoms with Crippen molar-refractivity contribution in [2.75, 3.05) is 38.3 Å². The highest BCUT2D eigenvalue weighted by molar-refractivity contribution is 5.55. The molecule has 0 bridgehead atoms. The molecule has 0 unspecified atom stereocenters. The standard InChI is InChI=1S/C19H27N5O2/c1-23(16-5-3-2-4-6-16)14-18-21-19(22-26-18)15-7-8-17(20-13-15)24-9-11-25-12-10-24/h7-8,13,16H,2-6,9-12,14H2,1H3. The predicted molar refractivity (Wildman–Crippen MR) is 98.9 cm³/mol. The molecule has 7 nitrogen and oxygen atoms in total. The Kier molecular flexibility index (Phi) is 5.45. The first-order valence-corrected chi connectivity index (χ1v) is 9.61. The Hall–Kier alpha value is -1.99. The predicted octanol–water partition coefficient (Wildman–Crippen LogP) is 2.73. The first-order chi connectivity index (χ1) is 12.8. The molecule has 26 heavy (non-hydrogen) atoms. The fourth-order valence-corrected chi connectivity index (χ4v) is 3.80. The molecular formula is C19H27N5O2. The van der Waals surface area contributed by atoms with Crippen LogP contribution in [0.2, 0.25) is 0 Å². The monoisotopic (exact) mass is 357 g/mol. The quantitative estimate of drug-likeness (QED) is 0.815. The Labute approximate surface area is 154 Å². The van der Waals surface area contributed by atoms with E-state index < -0.39 is 0 Å². The van der Waals surface area contributed by atoms with E-state index in [0.29, 0.717) is 24.3 Å². The van der Waals surface area contributed by atoms with E-state index >= 15 is 0 Å². The number of anilines is 1. The second kappa shape index (κ2) is 8.14. The average Bonchev–Trinajstić information content (AvgIpc) is 3.18. The van der Waals surface area contributed by atoms with E-state index in [0.717, 1.165) is 37.7 Å². The Morgan fingerprint density at radius 2 is 1.96 bits per heavy atom. The van der Waals surface area contributed by atoms with Gasteiger partial charge in [-0.1, -0.05) is 24.4 Å². The van der Waals surface area contributed by atoms with E-state index in [1.54, 1.807) is 0 Å². The SMILES string of the molecule is CN(Cc1nc(-c2ccc(N3CCOCC3)nc2)no1)C1CCCCC1. The molecule has 1 aliphatic carbocycles. The van der Waals surface area contributed by atoms with Gasteiger partial charge in [-0.15, -0.1) is 0 Å². The molecule has 2 fully saturated rings. The molecule has 0 amide bonds. The Morgan fingerprint density at radius 1 is 1.15 bits per heavy atom. The fraction of sp³-hybridized carbons (Fsp3) is 0.632. The van der Waals surface area contributed by atoms with Crippen molar-refractivity contribution < 1.29 is 9.26 Å². The van der Waals surface area contributed by atoms with E-state index in [4.69, 9.17) is 9.26 Å². The minimum absolute atomic E-state index is 0.609. The smallest absolute Gasteiger partial charge is 0.241 e. The van der Waals surface area contributed by atoms with Gasteiger partial charge >= 0.3 is 0 Å². The molecule has 140 valence electrons. The maximum Gasteiger partial charge on any atom is 0.241 e. The molecule has 2 aromatic heterocycles. The average molecular weight is 357 g/mol. The summed E-state index contributed by atoms with van der Waals surface area (Å²) in [5.41, 5.74) is 0.886. The summed E-state index contributed by atoms with van der Waals surface area (Å²) in [4.78, 5) is 13.7. The van der Waals surface area contributed by atoms with Gasteiger partial charge < -0.3 is 14.2 Å². The van der Waals surface area contributed by atoms with Crippen LogP contribution in [0.5, 0.6) is 0 Å². The number of morpholine rings is 1. The van der Waals surface area contributed by atoms with Gasteiger partial charge in [0, 0.05) is 30.9 Å². The zero-order valence-electron chi connectivity index (χ0n) is 15.4. The third-order valence-electron chi connectivity index (χ3n) is 5.39. The van der Waals surface area contributed by atoms with Crippen molar-refractivity contribution in [3.63, 3.8) is 0 Å². The van der Waals surface area contributed by atoms with E-state index in [1.165, 1.54) is 32.1 Å². The summed E-state index contributed by atoms with van der Waals surface area (Å²) < 4.78 is 10.9. The van der Waals surface area contributed by atoms with Crippen LogP contribution in [0.3, 0.4) is 0 Å². The molecule has 7 heteroatoms. The molecule has 3 heterocycles. The minimum Gasteiger partial charge on any atom is -0.378 e. The third kappa shape index (κ3) is 4.04. The van der Waals surface area contributed by atoms with Crippen LogP contribution in [0.25, 0.3) is 11.4 Å². The number of nitrogens with zero attached hydrogens (tertiary/aromatic N) is 5. The lowest BCUT2D eigenvalue weighted by Gasteiger charge is -2.29. The van der Waals surface area contributed by atoms with Crippen LogP contribution in [-0.4, -0.2) is 59.4 Å². The summed E-state index contributed by atoms with van der Waals surface area (Å²) in [6.07, 6.45) is 8.37. The van der Waals surface area contributed by atoms with E-state index in [1.807, 2.05) is 18.3 Å². The van der Waals surface area contributed by atoms with Gasteiger partial charge in [0.2, 0.25) is 11.7 Å². The molecule has 0 N–H and O–H groups in total. The van der Waals surface area contributed by atoms with Crippen LogP contribution < -0.4 is 4.90 Å². The highest BCUT2D eigenvalue weighted by Gasteiger charge is 2.20. The van der Waals surface area contributed by atoms with Gasteiger partial charge in [0.1, 0.15) is 5.82 Å². The Balaban J connectivity index is 1.39. The van der Waals surface area contributed by atoms with Crippen molar-refractivity contribution in [1.82, 2.24) is 20.0 Å². The van der Waals surface area contributed by atoms with E-state index in [2.05, 4.69) is 32.0 Å². The molecule has 0 spiro atoms. The number of hydrogen-bond donors (Lipinski definition) is 0. The molecule has 1 aliphatic heterocycles. The van der Waals surface area contributed by atoms with Gasteiger partial charge in [-0.25, -0.2) is 4.98 Å². The zero-order chi connectivity index (χ0) is 17.8. The summed E-state index contributed by atoms with van der Waals surface area (Å²) in [6.45, 7) is 3.98. The lowest BCUT2D eigenvalue weighted by atomic mass is 9.94. The second-order valence-corrected chi connectivity index (χ2v) is 7.22. The summed E-state index contributed by atoms with van der Waals surface area (Å²) in [7, 11) is 2.15. The topological polar surface area (TPSA) is 67.5 Å². The van der Waals surface area contributed by atoms with Crippen LogP contribution >= 0.6 is 0 Å². The molecule has 4 rings (SSSR count). The summed E-state index contributed by atoms with van der Waals surface area (Å²) in [5.74, 6) is 2.25. The van der Waals surface area contributed by atoms with Crippen molar-refractivity contribution in [2.24, 2.45) is 0 Å². The zero-order valence-corrected chi connectivity index (χ0v) is 15.4. The maximum atomic E-state index is 5.47. The highest BCUT2D eigenvalue weighted by Crippen LogP contribution is 2.23. The molecule has 0 radical (unpaired) electrons. The van der Waals surface area contributed by atoms with Gasteiger partial charge in [-0.3, -0.25) is 4.90 Å². The van der Waals surface area contributed by atoms with Gasteiger partial charge in [0.25, 0.3) is 0 Å². The highest BCUT2D eigenvalue weighted by atomic mass is 16.5. The summed E-state index contributed by atoms with van der Waals surface area (Å²) >= 11 is 0. The first kappa shape index (κ1) is 17.4. The van der Waals surface area contributed by atoms with Crippen molar-refractivity contribution in [1.29, 1.82) is 0 Å². The molecule has 1 saturated heterocycles. The third-order valence-corrected chi connectivity index (χ3v) is 5.39. The van der Waals surface area contributed by atoms with E-state index in [9.17, 15) is 0 Å². The van der Waals surface area contributed by atoms with Gasteiger partial charge in [-0.2, -0.15) is 4.98 Å². The van der Waals surface area contributed by atoms with Crippen LogP contribution in [0.4, 0.5) is 5.82 Å². The molecular weight excluding hydrogens is 330 g/mol. The first-order valence-electron chi connectivity index (χ1n) is 9.61. The molecule has 2 aliphatic rings. The normalized spacial score (nSPS) is 19.2. The number of ether oxygens (including phenoxy) is 1. The van der Waals surface area contributed by atoms with Crippen molar-refractivity contribution in [3.05, 3.63) is 24.2 Å². The molecule has 0 aromatic carbocycles. The lowest BCUT2D eigenvalue weighted by molar-refractivity contribution is 0.122. The lowest BCUT2D eigenvalue weighted by Crippen LogP contribution is -2.36. The second-order valence-electron chi connectivity index (χ2n) is 7.22. The van der Waals surface area contributed by atoms with Crippen LogP contribution in [0, 0.1) is 0 Å². The van der Waals surface area contributed by atoms with Crippen molar-refractivity contribution in [2.45, 2.75) is 44.7 Å². The van der Waals surface area contributed by atoms with Crippen LogP contribution in [0.15, 0.2) is 22.9 Å². The van der Waals surface area contributed by atoms with Crippen molar-refractivity contribution >= 4 is 5.82 Å². The van der Waals surface area contributed by atoms with Crippen LogP contribution in [0.1, 0.15) is 38.0 Å². The largest absolute Gasteiger partial charge is 0.378 e. The summed E-state index contributed by atoms with van der Waals surface area (Å²) in [5, 5.41) is 4.14. The maximum absolute atomic E-state index is 5.47. The number of rotatable bonds is 5. The van der Waals surface area contributed by atoms with Crippen molar-refractivity contribution in [3.8, 4) is 11.4 Å². The minimum atomic E-state index is 0.609. The Bertz CT molecular complexity index is 690. The molecule has 2 aromatic rings. The van der Waals surface area contributed by atoms with Gasteiger partial charge in [0.05, 0.1) is 19.8 Å². The van der Waals surface area contributed by atoms with Gasteiger partial charge in [0.15, 0.2) is 0 Å². The van der Waals surface area contributed by atoms with Gasteiger partial charge in [-0.05, 0) is 32.0 Å². The van der Waals surface area contributed by atoms with Crippen LogP contribution in [-0.2, 0) is 11.3 Å². The molecule has 1 saturated carbocycles. The number of aromatic nitrogens is 3. The number of hydrogen-bond acceptors (Lipinski definition) is 7.